The second kappa shape index (κ2) is 6.22. The van der Waals surface area contributed by atoms with Crippen LogP contribution >= 0.6 is 11.6 Å². The second-order valence-electron chi connectivity index (χ2n) is 9.00. The zero-order valence-corrected chi connectivity index (χ0v) is 17.3. The molecule has 7 rings (SSSR count). The maximum atomic E-state index is 6.15. The molecular formula is C25H22ClN3O. The van der Waals surface area contributed by atoms with Crippen molar-refractivity contribution in [2.75, 3.05) is 0 Å². The molecule has 3 aliphatic rings. The van der Waals surface area contributed by atoms with Crippen LogP contribution in [0.3, 0.4) is 0 Å². The predicted octanol–water partition coefficient (Wildman–Crippen LogP) is 6.13. The first-order chi connectivity index (χ1) is 14.7. The molecule has 0 amide bonds. The molecule has 5 heteroatoms. The van der Waals surface area contributed by atoms with Crippen molar-refractivity contribution in [1.29, 1.82) is 0 Å². The lowest BCUT2D eigenvalue weighted by Crippen LogP contribution is -2.24. The lowest BCUT2D eigenvalue weighted by molar-refractivity contribution is 0.302. The lowest BCUT2D eigenvalue weighted by Gasteiger charge is -2.21. The van der Waals surface area contributed by atoms with Crippen LogP contribution in [0.25, 0.3) is 32.9 Å². The number of halogens is 1. The fraction of sp³-hybridized carbons (Fsp3) is 0.320. The Bertz CT molecular complexity index is 1320. The Kier molecular flexibility index (Phi) is 3.56. The first-order valence-electron chi connectivity index (χ1n) is 10.9. The average molecular weight is 416 g/mol. The zero-order chi connectivity index (χ0) is 19.8. The fourth-order valence-electron chi connectivity index (χ4n) is 5.80. The number of hydrogen-bond donors (Lipinski definition) is 2. The maximum Gasteiger partial charge on any atom is 0.129 e. The highest BCUT2D eigenvalue weighted by atomic mass is 35.5. The molecule has 4 aromatic rings. The smallest absolute Gasteiger partial charge is 0.129 e. The first-order valence-corrected chi connectivity index (χ1v) is 11.2. The van der Waals surface area contributed by atoms with Crippen LogP contribution in [0.5, 0.6) is 5.75 Å². The summed E-state index contributed by atoms with van der Waals surface area (Å²) in [5.74, 6) is 2.76. The summed E-state index contributed by atoms with van der Waals surface area (Å²) in [6.45, 7) is 0.555. The van der Waals surface area contributed by atoms with Gasteiger partial charge >= 0.3 is 0 Å². The highest BCUT2D eigenvalue weighted by Gasteiger charge is 2.38. The predicted molar refractivity (Wildman–Crippen MR) is 120 cm³/mol. The third kappa shape index (κ3) is 2.47. The highest BCUT2D eigenvalue weighted by molar-refractivity contribution is 6.30. The van der Waals surface area contributed by atoms with Gasteiger partial charge in [0.2, 0.25) is 0 Å². The molecule has 150 valence electrons. The van der Waals surface area contributed by atoms with E-state index in [0.717, 1.165) is 34.1 Å². The summed E-state index contributed by atoms with van der Waals surface area (Å²) in [6, 6.07) is 15.8. The number of fused-ring (bicyclic) bond motifs is 7. The normalized spacial score (nSPS) is 24.6. The van der Waals surface area contributed by atoms with Gasteiger partial charge in [0.15, 0.2) is 0 Å². The van der Waals surface area contributed by atoms with Crippen LogP contribution in [0.1, 0.15) is 43.1 Å². The van der Waals surface area contributed by atoms with Crippen LogP contribution in [0.2, 0.25) is 5.02 Å². The molecule has 30 heavy (non-hydrogen) atoms. The van der Waals surface area contributed by atoms with Gasteiger partial charge in [-0.2, -0.15) is 0 Å². The Balaban J connectivity index is 1.35. The molecule has 4 nitrogen and oxygen atoms in total. The summed E-state index contributed by atoms with van der Waals surface area (Å²) in [5.41, 5.74) is 5.70. The third-order valence-corrected chi connectivity index (χ3v) is 7.51. The Labute approximate surface area is 179 Å². The van der Waals surface area contributed by atoms with Crippen LogP contribution in [0, 0.1) is 5.92 Å². The van der Waals surface area contributed by atoms with Crippen LogP contribution in [0.15, 0.2) is 42.5 Å². The number of hydrogen-bond acceptors (Lipinski definition) is 3. The summed E-state index contributed by atoms with van der Waals surface area (Å²) in [4.78, 5) is 8.68. The number of benzene rings is 3. The molecule has 2 aliphatic heterocycles. The van der Waals surface area contributed by atoms with Gasteiger partial charge in [0, 0.05) is 22.0 Å². The van der Waals surface area contributed by atoms with E-state index in [2.05, 4.69) is 40.6 Å². The molecule has 1 aliphatic carbocycles. The molecule has 0 spiro atoms. The van der Waals surface area contributed by atoms with Crippen molar-refractivity contribution < 1.29 is 4.74 Å². The van der Waals surface area contributed by atoms with Gasteiger partial charge in [-0.05, 0) is 78.1 Å². The number of imidazole rings is 1. The van der Waals surface area contributed by atoms with Gasteiger partial charge in [-0.3, -0.25) is 0 Å². The molecule has 0 bridgehead atoms. The number of rotatable bonds is 1. The monoisotopic (exact) mass is 415 g/mol. The number of nitrogens with one attached hydrogen (secondary N) is 2. The molecule has 2 N–H and O–H groups in total. The summed E-state index contributed by atoms with van der Waals surface area (Å²) in [5, 5.41) is 6.92. The summed E-state index contributed by atoms with van der Waals surface area (Å²) in [7, 11) is 0. The van der Waals surface area contributed by atoms with E-state index in [0.29, 0.717) is 23.7 Å². The molecule has 3 aromatic carbocycles. The first kappa shape index (κ1) is 17.2. The number of nitrogens with zero attached hydrogens (tertiary/aromatic N) is 1. The van der Waals surface area contributed by atoms with Gasteiger partial charge < -0.3 is 15.0 Å². The van der Waals surface area contributed by atoms with E-state index < -0.39 is 0 Å². The summed E-state index contributed by atoms with van der Waals surface area (Å²) in [6.07, 6.45) is 5.23. The van der Waals surface area contributed by atoms with Gasteiger partial charge in [-0.25, -0.2) is 4.98 Å². The van der Waals surface area contributed by atoms with Crippen molar-refractivity contribution in [1.82, 2.24) is 15.3 Å². The van der Waals surface area contributed by atoms with Crippen LogP contribution < -0.4 is 10.1 Å². The van der Waals surface area contributed by atoms with Crippen molar-refractivity contribution in [2.45, 2.75) is 44.4 Å². The molecule has 1 saturated carbocycles. The van der Waals surface area contributed by atoms with Crippen molar-refractivity contribution in [2.24, 2.45) is 5.92 Å². The van der Waals surface area contributed by atoms with Crippen LogP contribution in [-0.2, 0) is 6.61 Å². The van der Waals surface area contributed by atoms with Gasteiger partial charge in [-0.1, -0.05) is 24.1 Å². The SMILES string of the molecule is Clc1ccc2c(c1)OCc1cc3c(ccc4[nH]c(C5CC6CCCC6N5)nc43)cc1-2. The fourth-order valence-corrected chi connectivity index (χ4v) is 5.96. The largest absolute Gasteiger partial charge is 0.488 e. The molecule has 3 atom stereocenters. The van der Waals surface area contributed by atoms with E-state index in [-0.39, 0.29) is 0 Å². The molecule has 1 aromatic heterocycles. The zero-order valence-electron chi connectivity index (χ0n) is 16.5. The quantitative estimate of drug-likeness (QED) is 0.393. The molecular weight excluding hydrogens is 394 g/mol. The van der Waals surface area contributed by atoms with Crippen molar-refractivity contribution >= 4 is 33.4 Å². The molecule has 0 radical (unpaired) electrons. The van der Waals surface area contributed by atoms with E-state index in [1.165, 1.54) is 47.6 Å². The van der Waals surface area contributed by atoms with Crippen LogP contribution in [0.4, 0.5) is 0 Å². The topological polar surface area (TPSA) is 49.9 Å². The standard InChI is InChI=1S/C25H22ClN3O/c26-16-5-6-17-18-8-13-4-7-21-24(19(13)9-15(18)12-30-23(17)11-16)29-25(28-21)22-10-14-2-1-3-20(14)27-22/h4-9,11,14,20,22,27H,1-3,10,12H2,(H,28,29). The minimum absolute atomic E-state index is 0.348. The maximum absolute atomic E-state index is 6.15. The third-order valence-electron chi connectivity index (χ3n) is 7.27. The van der Waals surface area contributed by atoms with E-state index in [4.69, 9.17) is 21.3 Å². The number of aromatic nitrogens is 2. The molecule has 2 fully saturated rings. The summed E-state index contributed by atoms with van der Waals surface area (Å²) >= 11 is 6.15. The number of aromatic amines is 1. The second-order valence-corrected chi connectivity index (χ2v) is 9.43. The van der Waals surface area contributed by atoms with Gasteiger partial charge in [-0.15, -0.1) is 0 Å². The van der Waals surface area contributed by atoms with Gasteiger partial charge in [0.05, 0.1) is 17.1 Å². The van der Waals surface area contributed by atoms with Crippen molar-refractivity contribution in [3.05, 3.63) is 58.9 Å². The minimum atomic E-state index is 0.348. The molecule has 3 unspecified atom stereocenters. The Morgan fingerprint density at radius 3 is 2.93 bits per heavy atom. The summed E-state index contributed by atoms with van der Waals surface area (Å²) < 4.78 is 6.00. The minimum Gasteiger partial charge on any atom is -0.488 e. The Morgan fingerprint density at radius 1 is 1.03 bits per heavy atom. The van der Waals surface area contributed by atoms with Crippen molar-refractivity contribution in [3.63, 3.8) is 0 Å². The highest BCUT2D eigenvalue weighted by Crippen LogP contribution is 2.43. The number of H-pyrrole nitrogens is 1. The van der Waals surface area contributed by atoms with Crippen LogP contribution in [-0.4, -0.2) is 16.0 Å². The molecule has 1 saturated heterocycles. The van der Waals surface area contributed by atoms with Gasteiger partial charge in [0.1, 0.15) is 18.2 Å². The van der Waals surface area contributed by atoms with E-state index >= 15 is 0 Å². The Hall–Kier alpha value is -2.56. The Morgan fingerprint density at radius 2 is 2.00 bits per heavy atom. The number of ether oxygens (including phenoxy) is 1. The van der Waals surface area contributed by atoms with Crippen molar-refractivity contribution in [3.8, 4) is 16.9 Å². The lowest BCUT2D eigenvalue weighted by atomic mass is 9.93. The van der Waals surface area contributed by atoms with E-state index in [9.17, 15) is 0 Å². The molecule has 3 heterocycles. The van der Waals surface area contributed by atoms with E-state index in [1.54, 1.807) is 0 Å². The van der Waals surface area contributed by atoms with E-state index in [1.807, 2.05) is 12.1 Å². The van der Waals surface area contributed by atoms with Gasteiger partial charge in [0.25, 0.3) is 0 Å². The average Bonchev–Trinajstić information content (AvgIpc) is 3.46.